The number of carbonyl (C=O) groups excluding carboxylic acids is 2. The van der Waals surface area contributed by atoms with E-state index >= 15 is 0 Å². The lowest BCUT2D eigenvalue weighted by Gasteiger charge is -2.35. The van der Waals surface area contributed by atoms with Gasteiger partial charge in [0.05, 0.1) is 71.3 Å². The molecule has 8 N–H and O–H groups in total. The van der Waals surface area contributed by atoms with E-state index in [0.29, 0.717) is 58.3 Å². The Balaban J connectivity index is 0.937. The number of nitrogens with zero attached hydrogens (tertiary/aromatic N) is 8. The molecule has 1 aliphatic rings. The van der Waals surface area contributed by atoms with Gasteiger partial charge >= 0.3 is 11.9 Å². The number of thioether (sulfide) groups is 1. The van der Waals surface area contributed by atoms with Crippen molar-refractivity contribution in [1.82, 2.24) is 44.6 Å². The summed E-state index contributed by atoms with van der Waals surface area (Å²) < 4.78 is 20.8. The number of methoxy groups -OCH3 is 1. The Kier molecular flexibility index (Phi) is 19.2. The SMILES string of the molecule is CCCCCNc1nc(N)nc2ccn(Cc3ccc(CN4CCN(C(=O)CCOCCOCCn5cc(CNC(=O)CC(SCC(N)C(=O)O)C(=O)O)nn5)CC4)cc3OC)c12. The first kappa shape index (κ1) is 48.5. The molecule has 0 saturated carbocycles. The summed E-state index contributed by atoms with van der Waals surface area (Å²) in [6.07, 6.45) is 6.91. The van der Waals surface area contributed by atoms with Crippen molar-refractivity contribution in [3.63, 3.8) is 0 Å². The van der Waals surface area contributed by atoms with Gasteiger partial charge in [-0.2, -0.15) is 4.98 Å². The number of fused-ring (bicyclic) bond motifs is 1. The number of rotatable bonds is 28. The van der Waals surface area contributed by atoms with Gasteiger partial charge in [-0.25, -0.2) is 9.67 Å². The molecule has 2 atom stereocenters. The molecule has 0 aliphatic carbocycles. The highest BCUT2D eigenvalue weighted by Crippen LogP contribution is 2.28. The average Bonchev–Trinajstić information content (AvgIpc) is 3.90. The second-order valence-corrected chi connectivity index (χ2v) is 16.3. The minimum Gasteiger partial charge on any atom is -0.496 e. The molecule has 4 heterocycles. The molecule has 21 nitrogen and oxygen atoms in total. The number of carbonyl (C=O) groups is 4. The third-order valence-electron chi connectivity index (χ3n) is 10.3. The number of piperazine rings is 1. The maximum Gasteiger partial charge on any atom is 0.321 e. The molecule has 0 bridgehead atoms. The van der Waals surface area contributed by atoms with Crippen LogP contribution in [0.15, 0.2) is 36.7 Å². The molecule has 344 valence electrons. The summed E-state index contributed by atoms with van der Waals surface area (Å²) in [6.45, 7) is 8.88. The first-order valence-corrected chi connectivity index (χ1v) is 22.1. The maximum absolute atomic E-state index is 12.9. The molecule has 4 aromatic rings. The number of aliphatic carboxylic acids is 2. The van der Waals surface area contributed by atoms with E-state index in [1.54, 1.807) is 18.0 Å². The van der Waals surface area contributed by atoms with Crippen LogP contribution in [0.1, 0.15) is 55.8 Å². The fraction of sp³-hybridized carbons (Fsp3) is 0.561. The number of unbranched alkanes of at least 4 members (excludes halogenated alkanes) is 2. The number of carboxylic acid groups (broad SMARTS) is 2. The molecular formula is C41H60N12O9S. The molecule has 0 radical (unpaired) electrons. The van der Waals surface area contributed by atoms with Crippen LogP contribution in [0.3, 0.4) is 0 Å². The van der Waals surface area contributed by atoms with Crippen LogP contribution in [0.4, 0.5) is 11.8 Å². The van der Waals surface area contributed by atoms with Crippen LogP contribution in [0.2, 0.25) is 0 Å². The molecular weight excluding hydrogens is 837 g/mol. The van der Waals surface area contributed by atoms with Gasteiger partial charge < -0.3 is 56.0 Å². The van der Waals surface area contributed by atoms with Gasteiger partial charge in [0.2, 0.25) is 17.8 Å². The van der Waals surface area contributed by atoms with Gasteiger partial charge in [-0.05, 0) is 24.1 Å². The summed E-state index contributed by atoms with van der Waals surface area (Å²) in [5.74, 6) is -1.30. The normalized spacial score (nSPS) is 14.1. The molecule has 1 fully saturated rings. The van der Waals surface area contributed by atoms with Crippen molar-refractivity contribution in [2.24, 2.45) is 5.73 Å². The zero-order valence-corrected chi connectivity index (χ0v) is 36.8. The maximum atomic E-state index is 12.9. The largest absolute Gasteiger partial charge is 0.496 e. The van der Waals surface area contributed by atoms with E-state index in [4.69, 9.17) is 30.8 Å². The van der Waals surface area contributed by atoms with Crippen LogP contribution in [0, 0.1) is 0 Å². The molecule has 22 heteroatoms. The summed E-state index contributed by atoms with van der Waals surface area (Å²) in [7, 11) is 1.69. The number of hydrogen-bond donors (Lipinski definition) is 6. The summed E-state index contributed by atoms with van der Waals surface area (Å²) in [5.41, 5.74) is 15.8. The number of nitrogen functional groups attached to an aromatic ring is 1. The van der Waals surface area contributed by atoms with E-state index < -0.39 is 29.1 Å². The first-order chi connectivity index (χ1) is 30.4. The minimum absolute atomic E-state index is 0.0409. The second-order valence-electron chi connectivity index (χ2n) is 15.1. The second kappa shape index (κ2) is 24.9. The summed E-state index contributed by atoms with van der Waals surface area (Å²) >= 11 is 0.800. The van der Waals surface area contributed by atoms with E-state index in [9.17, 15) is 24.3 Å². The van der Waals surface area contributed by atoms with Crippen LogP contribution in [0.5, 0.6) is 5.75 Å². The number of carboxylic acids is 2. The summed E-state index contributed by atoms with van der Waals surface area (Å²) in [4.78, 5) is 60.7. The van der Waals surface area contributed by atoms with Crippen molar-refractivity contribution in [1.29, 1.82) is 0 Å². The standard InChI is InChI=1S/C41H60N12O9S/c1-3-4-5-10-44-38-37-32(46-41(43)47-38)8-11-52(37)25-29-7-6-28(21-33(29)60-2)24-50-12-14-51(15-13-50)36(55)9-17-61-19-20-62-18-16-53-26-30(48-49-53)23-45-35(54)22-34(40(58)59)63-27-31(42)39(56)57/h6-8,11,21,26,31,34H,3-5,9-10,12-20,22-25,27,42H2,1-2H3,(H,45,54)(H,56,57)(H,58,59)(H3,43,44,46,47). The van der Waals surface area contributed by atoms with E-state index in [1.165, 1.54) is 0 Å². The number of nitrogens with two attached hydrogens (primary N) is 2. The number of hydrogen-bond acceptors (Lipinski definition) is 16. The van der Waals surface area contributed by atoms with Gasteiger partial charge in [0.15, 0.2) is 5.82 Å². The molecule has 1 saturated heterocycles. The lowest BCUT2D eigenvalue weighted by molar-refractivity contribution is -0.139. The van der Waals surface area contributed by atoms with Crippen molar-refractivity contribution in [2.75, 3.05) is 83.1 Å². The highest BCUT2D eigenvalue weighted by atomic mass is 32.2. The molecule has 1 aliphatic heterocycles. The number of benzene rings is 1. The Morgan fingerprint density at radius 1 is 0.968 bits per heavy atom. The average molecular weight is 897 g/mol. The smallest absolute Gasteiger partial charge is 0.321 e. The Hall–Kier alpha value is -5.55. The first-order valence-electron chi connectivity index (χ1n) is 21.1. The number of anilines is 2. The predicted octanol–water partition coefficient (Wildman–Crippen LogP) is 1.64. The van der Waals surface area contributed by atoms with Gasteiger partial charge in [0.1, 0.15) is 28.3 Å². The van der Waals surface area contributed by atoms with Crippen molar-refractivity contribution < 1.29 is 43.6 Å². The molecule has 1 aromatic carbocycles. The fourth-order valence-corrected chi connectivity index (χ4v) is 7.84. The minimum atomic E-state index is -1.25. The highest BCUT2D eigenvalue weighted by Gasteiger charge is 2.25. The molecule has 0 spiro atoms. The highest BCUT2D eigenvalue weighted by molar-refractivity contribution is 8.00. The van der Waals surface area contributed by atoms with Crippen molar-refractivity contribution in [3.8, 4) is 5.75 Å². The van der Waals surface area contributed by atoms with Crippen molar-refractivity contribution in [3.05, 3.63) is 53.5 Å². The summed E-state index contributed by atoms with van der Waals surface area (Å²) in [5, 5.41) is 31.2. The molecule has 2 amide bonds. The molecule has 5 rings (SSSR count). The van der Waals surface area contributed by atoms with E-state index in [0.717, 1.165) is 90.9 Å². The zero-order valence-electron chi connectivity index (χ0n) is 35.9. The van der Waals surface area contributed by atoms with E-state index in [2.05, 4.69) is 65.5 Å². The molecule has 2 unspecified atom stereocenters. The van der Waals surface area contributed by atoms with Crippen LogP contribution in [-0.2, 0) is 54.8 Å². The topological polar surface area (TPSA) is 280 Å². The van der Waals surface area contributed by atoms with Gasteiger partial charge in [-0.3, -0.25) is 24.1 Å². The van der Waals surface area contributed by atoms with Gasteiger partial charge in [-0.1, -0.05) is 37.1 Å². The van der Waals surface area contributed by atoms with Gasteiger partial charge in [0.25, 0.3) is 0 Å². The van der Waals surface area contributed by atoms with Crippen LogP contribution < -0.4 is 26.8 Å². The van der Waals surface area contributed by atoms with Gasteiger partial charge in [0, 0.05) is 63.2 Å². The summed E-state index contributed by atoms with van der Waals surface area (Å²) in [6, 6.07) is 7.06. The Bertz CT molecular complexity index is 2110. The lowest BCUT2D eigenvalue weighted by Crippen LogP contribution is -2.48. The third kappa shape index (κ3) is 15.3. The fourth-order valence-electron chi connectivity index (χ4n) is 6.84. The van der Waals surface area contributed by atoms with Crippen LogP contribution >= 0.6 is 11.8 Å². The van der Waals surface area contributed by atoms with Crippen LogP contribution in [0.25, 0.3) is 11.0 Å². The Morgan fingerprint density at radius 3 is 2.48 bits per heavy atom. The third-order valence-corrected chi connectivity index (χ3v) is 11.6. The number of aromatic nitrogens is 6. The van der Waals surface area contributed by atoms with Crippen molar-refractivity contribution in [2.45, 2.75) is 76.5 Å². The lowest BCUT2D eigenvalue weighted by atomic mass is 10.1. The number of nitrogens with one attached hydrogen (secondary N) is 2. The predicted molar refractivity (Wildman–Crippen MR) is 236 cm³/mol. The number of ether oxygens (including phenoxy) is 3. The van der Waals surface area contributed by atoms with E-state index in [1.807, 2.05) is 17.2 Å². The molecule has 63 heavy (non-hydrogen) atoms. The zero-order chi connectivity index (χ0) is 45.1. The van der Waals surface area contributed by atoms with Crippen LogP contribution in [-0.4, -0.2) is 157 Å². The quantitative estimate of drug-likeness (QED) is 0.0442. The molecule has 3 aromatic heterocycles. The van der Waals surface area contributed by atoms with Gasteiger partial charge in [-0.15, -0.1) is 16.9 Å². The Morgan fingerprint density at radius 2 is 1.75 bits per heavy atom. The van der Waals surface area contributed by atoms with E-state index in [-0.39, 0.29) is 37.0 Å². The Labute approximate surface area is 370 Å². The number of amides is 2. The van der Waals surface area contributed by atoms with Crippen molar-refractivity contribution >= 4 is 58.3 Å². The monoisotopic (exact) mass is 896 g/mol.